The molecule has 1 aliphatic carbocycles. The molecule has 4 aromatic rings. The number of carbonyl (C=O) groups excluding carboxylic acids is 1. The average Bonchev–Trinajstić information content (AvgIpc) is 3.46. The molecule has 2 heterocycles. The minimum absolute atomic E-state index is 0.0315. The Kier molecular flexibility index (Phi) is 8.25. The van der Waals surface area contributed by atoms with Gasteiger partial charge in [0, 0.05) is 47.5 Å². The number of carbonyl (C=O) groups is 1. The maximum absolute atomic E-state index is 13.5. The first-order valence-corrected chi connectivity index (χ1v) is 17.9. The molecule has 0 saturated carbocycles. The SMILES string of the molecule is CCCCN1/C(=C\C2=C(O)C(=c3ccc(=c4c(=O)c(=CC5=[N+](CCCC)c6ccccc6C5(C)C)c4=O)cc3)C2=O)C(C)(C)c2ccccc21. The van der Waals surface area contributed by atoms with Crippen LogP contribution in [0, 0.1) is 10.4 Å². The summed E-state index contributed by atoms with van der Waals surface area (Å²) in [7, 11) is 0. The monoisotopic (exact) mass is 665 g/mol. The fraction of sp³-hybridized carbons (Fsp3) is 0.318. The summed E-state index contributed by atoms with van der Waals surface area (Å²) in [5.41, 5.74) is 5.96. The number of Topliss-reactive ketones (excluding diaryl/α,β-unsaturated/α-hetero) is 1. The molecule has 254 valence electrons. The topological polar surface area (TPSA) is 77.7 Å². The number of aliphatic hydroxyl groups excluding tert-OH is 1. The third-order valence-corrected chi connectivity index (χ3v) is 11.0. The van der Waals surface area contributed by atoms with E-state index in [0.717, 1.165) is 61.6 Å². The second-order valence-electron chi connectivity index (χ2n) is 14.8. The Balaban J connectivity index is 1.27. The van der Waals surface area contributed by atoms with Gasteiger partial charge >= 0.3 is 0 Å². The Morgan fingerprint density at radius 3 is 2.02 bits per heavy atom. The molecule has 0 atom stereocenters. The number of fused-ring (bicyclic) bond motifs is 2. The van der Waals surface area contributed by atoms with Crippen LogP contribution >= 0.6 is 0 Å². The number of para-hydroxylation sites is 2. The average molecular weight is 666 g/mol. The van der Waals surface area contributed by atoms with E-state index in [1.807, 2.05) is 30.3 Å². The quantitative estimate of drug-likeness (QED) is 0.225. The smallest absolute Gasteiger partial charge is 0.209 e. The van der Waals surface area contributed by atoms with Crippen molar-refractivity contribution in [1.29, 1.82) is 0 Å². The minimum Gasteiger partial charge on any atom is -0.506 e. The van der Waals surface area contributed by atoms with Crippen LogP contribution in [0.1, 0.15) is 78.4 Å². The van der Waals surface area contributed by atoms with Crippen molar-refractivity contribution in [1.82, 2.24) is 0 Å². The van der Waals surface area contributed by atoms with Crippen LogP contribution in [0.3, 0.4) is 0 Å². The molecule has 1 N–H and O–H groups in total. The second kappa shape index (κ2) is 12.3. The van der Waals surface area contributed by atoms with Crippen LogP contribution in [0.25, 0.3) is 11.6 Å². The van der Waals surface area contributed by atoms with E-state index in [1.54, 1.807) is 30.3 Å². The number of ketones is 1. The number of anilines is 1. The second-order valence-corrected chi connectivity index (χ2v) is 14.8. The lowest BCUT2D eigenvalue weighted by atomic mass is 9.80. The number of benzene rings is 3. The molecule has 0 spiro atoms. The number of unbranched alkanes of at least 4 members (excludes halogenated alkanes) is 2. The summed E-state index contributed by atoms with van der Waals surface area (Å²) in [5, 5.41) is 12.6. The molecule has 6 nitrogen and oxygen atoms in total. The molecule has 0 fully saturated rings. The predicted molar refractivity (Wildman–Crippen MR) is 201 cm³/mol. The summed E-state index contributed by atoms with van der Waals surface area (Å²) in [5.74, 6) is -0.251. The van der Waals surface area contributed by atoms with Crippen LogP contribution in [0.5, 0.6) is 0 Å². The highest BCUT2D eigenvalue weighted by atomic mass is 16.3. The fourth-order valence-corrected chi connectivity index (χ4v) is 8.02. The van der Waals surface area contributed by atoms with Crippen molar-refractivity contribution in [2.75, 3.05) is 18.0 Å². The van der Waals surface area contributed by atoms with Gasteiger partial charge in [-0.1, -0.05) is 101 Å². The summed E-state index contributed by atoms with van der Waals surface area (Å²) in [6, 6.07) is 23.4. The number of hydrogen-bond acceptors (Lipinski definition) is 5. The van der Waals surface area contributed by atoms with Gasteiger partial charge in [0.1, 0.15) is 12.3 Å². The summed E-state index contributed by atoms with van der Waals surface area (Å²) < 4.78 is 2.26. The van der Waals surface area contributed by atoms with E-state index >= 15 is 0 Å². The lowest BCUT2D eigenvalue weighted by molar-refractivity contribution is -0.437. The largest absolute Gasteiger partial charge is 0.506 e. The fourth-order valence-electron chi connectivity index (χ4n) is 8.02. The van der Waals surface area contributed by atoms with E-state index in [9.17, 15) is 19.5 Å². The molecule has 0 unspecified atom stereocenters. The number of hydrogen-bond donors (Lipinski definition) is 1. The van der Waals surface area contributed by atoms with Crippen LogP contribution in [-0.4, -0.2) is 34.3 Å². The summed E-state index contributed by atoms with van der Waals surface area (Å²) in [4.78, 5) is 42.9. The van der Waals surface area contributed by atoms with Gasteiger partial charge in [0.15, 0.2) is 5.71 Å². The lowest BCUT2D eigenvalue weighted by Crippen LogP contribution is -2.51. The standard InChI is InChI=1S/C44H44N2O4/c1-7-9-23-45-33-17-13-11-15-31(33)43(3,4)35(45)25-29-39(47)37(40(29)48)27-19-21-28(22-20-27)38-41(49)30(42(38)50)26-36-44(5,6)32-16-12-14-18-34(32)46(36)24-10-8-2/h11-22,25-26H,7-10,23-24H2,1-6H3/p+1/b35-25-. The van der Waals surface area contributed by atoms with Crippen molar-refractivity contribution >= 4 is 34.5 Å². The molecule has 6 heteroatoms. The lowest BCUT2D eigenvalue weighted by Gasteiger charge is -2.29. The van der Waals surface area contributed by atoms with E-state index in [0.29, 0.717) is 16.0 Å². The van der Waals surface area contributed by atoms with Gasteiger partial charge in [0.05, 0.1) is 27.0 Å². The Morgan fingerprint density at radius 2 is 1.36 bits per heavy atom. The zero-order chi connectivity index (χ0) is 35.5. The van der Waals surface area contributed by atoms with Gasteiger partial charge in [-0.15, -0.1) is 0 Å². The molecule has 2 aliphatic heterocycles. The molecule has 0 aromatic heterocycles. The van der Waals surface area contributed by atoms with Crippen LogP contribution in [0.15, 0.2) is 105 Å². The summed E-state index contributed by atoms with van der Waals surface area (Å²) in [6.07, 6.45) is 7.74. The maximum Gasteiger partial charge on any atom is 0.209 e. The van der Waals surface area contributed by atoms with Gasteiger partial charge in [0.25, 0.3) is 0 Å². The maximum atomic E-state index is 13.5. The van der Waals surface area contributed by atoms with Crippen molar-refractivity contribution in [3.8, 4) is 0 Å². The van der Waals surface area contributed by atoms with E-state index in [-0.39, 0.29) is 49.2 Å². The molecule has 4 aromatic carbocycles. The minimum atomic E-state index is -0.350. The number of allylic oxidation sites excluding steroid dienone is 4. The van der Waals surface area contributed by atoms with Crippen LogP contribution in [0.2, 0.25) is 0 Å². The Labute approximate surface area is 292 Å². The predicted octanol–water partition coefficient (Wildman–Crippen LogP) is 6.25. The highest BCUT2D eigenvalue weighted by Crippen LogP contribution is 2.49. The number of aliphatic hydroxyl groups is 1. The zero-order valence-electron chi connectivity index (χ0n) is 29.9. The molecule has 3 aliphatic rings. The highest BCUT2D eigenvalue weighted by Gasteiger charge is 2.45. The van der Waals surface area contributed by atoms with E-state index < -0.39 is 0 Å². The molecule has 0 radical (unpaired) electrons. The van der Waals surface area contributed by atoms with E-state index in [4.69, 9.17) is 0 Å². The molecule has 7 rings (SSSR count). The highest BCUT2D eigenvalue weighted by molar-refractivity contribution is 6.37. The first-order valence-electron chi connectivity index (χ1n) is 17.9. The molecule has 0 bridgehead atoms. The molecule has 0 saturated heterocycles. The van der Waals surface area contributed by atoms with Gasteiger partial charge in [0.2, 0.25) is 22.3 Å². The van der Waals surface area contributed by atoms with Crippen molar-refractivity contribution in [2.45, 2.75) is 78.1 Å². The van der Waals surface area contributed by atoms with E-state index in [1.165, 1.54) is 11.1 Å². The van der Waals surface area contributed by atoms with Crippen LogP contribution in [0.4, 0.5) is 11.4 Å². The van der Waals surface area contributed by atoms with Crippen LogP contribution in [-0.2, 0) is 15.6 Å². The van der Waals surface area contributed by atoms with Gasteiger partial charge in [-0.25, -0.2) is 0 Å². The molecular formula is C44H45N2O4+. The first kappa shape index (κ1) is 33.4. The third-order valence-electron chi connectivity index (χ3n) is 11.0. The van der Waals surface area contributed by atoms with Crippen molar-refractivity contribution < 1.29 is 14.5 Å². The van der Waals surface area contributed by atoms with Gasteiger partial charge in [-0.2, -0.15) is 4.58 Å². The first-order chi connectivity index (χ1) is 23.9. The van der Waals surface area contributed by atoms with Crippen molar-refractivity contribution in [3.05, 3.63) is 148 Å². The van der Waals surface area contributed by atoms with Gasteiger partial charge in [-0.3, -0.25) is 14.4 Å². The molecule has 0 amide bonds. The van der Waals surface area contributed by atoms with Gasteiger partial charge in [-0.05, 0) is 48.4 Å². The number of nitrogens with zero attached hydrogens (tertiary/aromatic N) is 2. The normalized spacial score (nSPS) is 18.3. The van der Waals surface area contributed by atoms with E-state index in [2.05, 4.69) is 75.3 Å². The Bertz CT molecular complexity index is 2430. The van der Waals surface area contributed by atoms with Gasteiger partial charge < -0.3 is 10.0 Å². The summed E-state index contributed by atoms with van der Waals surface area (Å²) >= 11 is 0. The number of rotatable bonds is 8. The Hall–Kier alpha value is -5.10. The Morgan fingerprint density at radius 1 is 0.740 bits per heavy atom. The summed E-state index contributed by atoms with van der Waals surface area (Å²) in [6.45, 7) is 14.6. The van der Waals surface area contributed by atoms with Crippen LogP contribution < -0.4 is 26.2 Å². The molecule has 50 heavy (non-hydrogen) atoms. The third kappa shape index (κ3) is 4.99. The van der Waals surface area contributed by atoms with Crippen molar-refractivity contribution in [3.63, 3.8) is 0 Å². The molecular weight excluding hydrogens is 620 g/mol. The zero-order valence-corrected chi connectivity index (χ0v) is 29.9. The van der Waals surface area contributed by atoms with Crippen molar-refractivity contribution in [2.24, 2.45) is 0 Å².